The highest BCUT2D eigenvalue weighted by atomic mass is 19.4. The molecule has 2 aromatic heterocycles. The topological polar surface area (TPSA) is 87.1 Å². The largest absolute Gasteiger partial charge is 0.433 e. The van der Waals surface area contributed by atoms with Crippen molar-refractivity contribution in [2.24, 2.45) is 0 Å². The second kappa shape index (κ2) is 9.66. The maximum atomic E-state index is 13.4. The van der Waals surface area contributed by atoms with Crippen LogP contribution in [0.1, 0.15) is 52.1 Å². The molecule has 1 saturated heterocycles. The van der Waals surface area contributed by atoms with Crippen molar-refractivity contribution in [3.05, 3.63) is 50.7 Å². The van der Waals surface area contributed by atoms with Gasteiger partial charge in [0.1, 0.15) is 17.3 Å². The van der Waals surface area contributed by atoms with Crippen LogP contribution in [-0.4, -0.2) is 56.6 Å². The van der Waals surface area contributed by atoms with Crippen LogP contribution in [0.2, 0.25) is 0 Å². The number of anilines is 1. The molecule has 1 aliphatic rings. The number of aromatic amines is 1. The molecule has 0 aliphatic carbocycles. The summed E-state index contributed by atoms with van der Waals surface area (Å²) in [5, 5.41) is 0. The fourth-order valence-corrected chi connectivity index (χ4v) is 3.83. The molecule has 182 valence electrons. The molecule has 8 nitrogen and oxygen atoms in total. The number of aromatic nitrogens is 4. The Morgan fingerprint density at radius 1 is 1.09 bits per heavy atom. The molecule has 0 bridgehead atoms. The van der Waals surface area contributed by atoms with Gasteiger partial charge in [0.05, 0.1) is 0 Å². The fraction of sp³-hybridized carbons (Fsp3) is 0.636. The van der Waals surface area contributed by atoms with Crippen molar-refractivity contribution in [2.75, 3.05) is 31.1 Å². The van der Waals surface area contributed by atoms with E-state index < -0.39 is 28.5 Å². The standard InChI is InChI=1S/C22H31F3N6O2/c1-15(6-5-8-31-9-7-18(32)28-20(31)33)29-10-12-30(13-11-29)17-14-16(22(23,24)25)26-19(27-17)21(2,3)4/h7,9,14-15H,5-6,8,10-13H2,1-4H3,(H,28,32,33). The Balaban J connectivity index is 1.60. The summed E-state index contributed by atoms with van der Waals surface area (Å²) in [6.45, 7) is 10.6. The van der Waals surface area contributed by atoms with Crippen LogP contribution in [0.3, 0.4) is 0 Å². The maximum absolute atomic E-state index is 13.4. The van der Waals surface area contributed by atoms with Crippen molar-refractivity contribution >= 4 is 5.82 Å². The minimum Gasteiger partial charge on any atom is -0.354 e. The minimum atomic E-state index is -4.53. The number of H-pyrrole nitrogens is 1. The fourth-order valence-electron chi connectivity index (χ4n) is 3.83. The Hall–Kier alpha value is -2.69. The van der Waals surface area contributed by atoms with Crippen LogP contribution in [0.25, 0.3) is 0 Å². The van der Waals surface area contributed by atoms with Crippen molar-refractivity contribution < 1.29 is 13.2 Å². The van der Waals surface area contributed by atoms with Crippen LogP contribution in [0.15, 0.2) is 27.9 Å². The van der Waals surface area contributed by atoms with E-state index in [2.05, 4.69) is 26.8 Å². The van der Waals surface area contributed by atoms with E-state index in [1.807, 2.05) is 4.90 Å². The third-order valence-electron chi connectivity index (χ3n) is 5.85. The monoisotopic (exact) mass is 468 g/mol. The first-order chi connectivity index (χ1) is 15.3. The van der Waals surface area contributed by atoms with Crippen LogP contribution in [0.4, 0.5) is 19.0 Å². The first-order valence-electron chi connectivity index (χ1n) is 11.1. The predicted molar refractivity (Wildman–Crippen MR) is 120 cm³/mol. The van der Waals surface area contributed by atoms with Gasteiger partial charge >= 0.3 is 11.9 Å². The van der Waals surface area contributed by atoms with E-state index >= 15 is 0 Å². The van der Waals surface area contributed by atoms with Crippen LogP contribution < -0.4 is 16.1 Å². The molecule has 2 aromatic rings. The maximum Gasteiger partial charge on any atom is 0.433 e. The average molecular weight is 469 g/mol. The van der Waals surface area contributed by atoms with Gasteiger partial charge in [-0.05, 0) is 19.8 Å². The number of nitrogens with one attached hydrogen (secondary N) is 1. The number of alkyl halides is 3. The van der Waals surface area contributed by atoms with E-state index in [-0.39, 0.29) is 11.9 Å². The molecule has 0 saturated carbocycles. The molecule has 11 heteroatoms. The lowest BCUT2D eigenvalue weighted by Crippen LogP contribution is -2.50. The second-order valence-corrected chi connectivity index (χ2v) is 9.50. The molecule has 0 amide bonds. The van der Waals surface area contributed by atoms with Crippen LogP contribution >= 0.6 is 0 Å². The molecule has 1 N–H and O–H groups in total. The number of piperazine rings is 1. The first-order valence-corrected chi connectivity index (χ1v) is 11.1. The number of hydrogen-bond donors (Lipinski definition) is 1. The van der Waals surface area contributed by atoms with Crippen molar-refractivity contribution in [3.8, 4) is 0 Å². The predicted octanol–water partition coefficient (Wildman–Crippen LogP) is 2.63. The zero-order valence-electron chi connectivity index (χ0n) is 19.4. The summed E-state index contributed by atoms with van der Waals surface area (Å²) in [5.41, 5.74) is -2.34. The minimum absolute atomic E-state index is 0.181. The average Bonchev–Trinajstić information content (AvgIpc) is 2.74. The van der Waals surface area contributed by atoms with E-state index in [1.165, 1.54) is 16.8 Å². The molecule has 0 radical (unpaired) electrons. The van der Waals surface area contributed by atoms with Crippen molar-refractivity contribution in [3.63, 3.8) is 0 Å². The summed E-state index contributed by atoms with van der Waals surface area (Å²) < 4.78 is 41.7. The lowest BCUT2D eigenvalue weighted by atomic mass is 9.95. The zero-order valence-corrected chi connectivity index (χ0v) is 19.4. The van der Waals surface area contributed by atoms with Crippen molar-refractivity contribution in [2.45, 2.75) is 64.7 Å². The Morgan fingerprint density at radius 3 is 2.33 bits per heavy atom. The van der Waals surface area contributed by atoms with Gasteiger partial charge in [-0.25, -0.2) is 14.8 Å². The Kier molecular flexibility index (Phi) is 7.30. The highest BCUT2D eigenvalue weighted by molar-refractivity contribution is 5.42. The quantitative estimate of drug-likeness (QED) is 0.702. The van der Waals surface area contributed by atoms with Gasteiger partial charge in [0.15, 0.2) is 0 Å². The smallest absolute Gasteiger partial charge is 0.354 e. The lowest BCUT2D eigenvalue weighted by molar-refractivity contribution is -0.141. The second-order valence-electron chi connectivity index (χ2n) is 9.50. The zero-order chi connectivity index (χ0) is 24.4. The van der Waals surface area contributed by atoms with Crippen molar-refractivity contribution in [1.29, 1.82) is 0 Å². The first kappa shape index (κ1) is 24.9. The van der Waals surface area contributed by atoms with Crippen LogP contribution in [0, 0.1) is 0 Å². The number of hydrogen-bond acceptors (Lipinski definition) is 6. The van der Waals surface area contributed by atoms with Gasteiger partial charge in [-0.2, -0.15) is 13.2 Å². The van der Waals surface area contributed by atoms with Gasteiger partial charge in [-0.1, -0.05) is 20.8 Å². The Morgan fingerprint density at radius 2 is 1.76 bits per heavy atom. The molecule has 1 aliphatic heterocycles. The van der Waals surface area contributed by atoms with Crippen LogP contribution in [0.5, 0.6) is 0 Å². The number of nitrogens with zero attached hydrogens (tertiary/aromatic N) is 5. The molecule has 0 aromatic carbocycles. The third kappa shape index (κ3) is 6.43. The third-order valence-corrected chi connectivity index (χ3v) is 5.85. The van der Waals surface area contributed by atoms with E-state index in [1.54, 1.807) is 20.8 Å². The summed E-state index contributed by atoms with van der Waals surface area (Å²) in [6, 6.07) is 2.62. The highest BCUT2D eigenvalue weighted by Gasteiger charge is 2.36. The summed E-state index contributed by atoms with van der Waals surface area (Å²) in [4.78, 5) is 37.6. The molecule has 1 unspecified atom stereocenters. The molecular formula is C22H31F3N6O2. The van der Waals surface area contributed by atoms with Gasteiger partial charge in [0.2, 0.25) is 0 Å². The SMILES string of the molecule is CC(CCCn1ccc(=O)[nH]c1=O)N1CCN(c2cc(C(F)(F)F)nc(C(C)(C)C)n2)CC1. The molecular weight excluding hydrogens is 437 g/mol. The summed E-state index contributed by atoms with van der Waals surface area (Å²) in [5.74, 6) is 0.493. The van der Waals surface area contributed by atoms with Gasteiger partial charge in [-0.3, -0.25) is 14.7 Å². The number of rotatable bonds is 6. The van der Waals surface area contributed by atoms with E-state index in [0.29, 0.717) is 38.5 Å². The lowest BCUT2D eigenvalue weighted by Gasteiger charge is -2.39. The normalized spacial score (nSPS) is 16.8. The van der Waals surface area contributed by atoms with Gasteiger partial charge in [0, 0.05) is 62.5 Å². The summed E-state index contributed by atoms with van der Waals surface area (Å²) in [7, 11) is 0. The van der Waals surface area contributed by atoms with E-state index in [9.17, 15) is 22.8 Å². The number of aryl methyl sites for hydroxylation is 1. The van der Waals surface area contributed by atoms with Gasteiger partial charge in [0.25, 0.3) is 5.56 Å². The van der Waals surface area contributed by atoms with Crippen LogP contribution in [-0.2, 0) is 18.1 Å². The van der Waals surface area contributed by atoms with Gasteiger partial charge < -0.3 is 9.47 Å². The van der Waals surface area contributed by atoms with E-state index in [4.69, 9.17) is 0 Å². The molecule has 33 heavy (non-hydrogen) atoms. The molecule has 1 fully saturated rings. The molecule has 1 atom stereocenters. The summed E-state index contributed by atoms with van der Waals surface area (Å²) >= 11 is 0. The summed E-state index contributed by atoms with van der Waals surface area (Å²) in [6.07, 6.45) is -1.41. The van der Waals surface area contributed by atoms with Gasteiger partial charge in [-0.15, -0.1) is 0 Å². The Bertz CT molecular complexity index is 1030. The van der Waals surface area contributed by atoms with E-state index in [0.717, 1.165) is 18.9 Å². The molecule has 3 heterocycles. The Labute approximate surface area is 190 Å². The molecule has 0 spiro atoms. The highest BCUT2D eigenvalue weighted by Crippen LogP contribution is 2.32. The van der Waals surface area contributed by atoms with Crippen molar-refractivity contribution in [1.82, 2.24) is 24.4 Å². The number of halogens is 3. The molecule has 3 rings (SSSR count).